The van der Waals surface area contributed by atoms with Crippen LogP contribution in [0.3, 0.4) is 0 Å². The maximum atomic E-state index is 10.8. The number of anilines is 1. The quantitative estimate of drug-likeness (QED) is 0.650. The van der Waals surface area contributed by atoms with Crippen LogP contribution in [0.15, 0.2) is 23.3 Å². The Kier molecular flexibility index (Phi) is 4.29. The number of amides is 1. The monoisotopic (exact) mass is 291 g/mol. The first kappa shape index (κ1) is 14.2. The summed E-state index contributed by atoms with van der Waals surface area (Å²) in [5.41, 5.74) is 11.1. The fourth-order valence-electron chi connectivity index (χ4n) is 1.48. The highest BCUT2D eigenvalue weighted by Gasteiger charge is 2.10. The molecular formula is C11H13N7O3. The van der Waals surface area contributed by atoms with E-state index in [1.54, 1.807) is 18.2 Å². The fourth-order valence-corrected chi connectivity index (χ4v) is 1.48. The third-order valence-corrected chi connectivity index (χ3v) is 2.37. The van der Waals surface area contributed by atoms with Gasteiger partial charge >= 0.3 is 0 Å². The Hall–Kier alpha value is -3.17. The van der Waals surface area contributed by atoms with E-state index in [9.17, 15) is 4.79 Å². The minimum absolute atomic E-state index is 0.0359. The summed E-state index contributed by atoms with van der Waals surface area (Å²) in [7, 11) is 1.48. The molecule has 0 saturated carbocycles. The molecular weight excluding hydrogens is 278 g/mol. The average molecular weight is 291 g/mol. The smallest absolute Gasteiger partial charge is 0.263 e. The van der Waals surface area contributed by atoms with Crippen LogP contribution in [0.25, 0.3) is 0 Å². The molecule has 1 aromatic heterocycles. The molecule has 0 saturated heterocycles. The van der Waals surface area contributed by atoms with Crippen LogP contribution in [0.2, 0.25) is 0 Å². The molecule has 10 nitrogen and oxygen atoms in total. The molecule has 0 spiro atoms. The second-order valence-electron chi connectivity index (χ2n) is 3.80. The third kappa shape index (κ3) is 3.43. The molecule has 1 amide bonds. The minimum Gasteiger partial charge on any atom is -0.493 e. The summed E-state index contributed by atoms with van der Waals surface area (Å²) in [6.07, 6.45) is 1.42. The summed E-state index contributed by atoms with van der Waals surface area (Å²) in [5, 5.41) is 14.4. The Labute approximate surface area is 119 Å². The van der Waals surface area contributed by atoms with Crippen LogP contribution < -0.4 is 20.9 Å². The molecule has 21 heavy (non-hydrogen) atoms. The summed E-state index contributed by atoms with van der Waals surface area (Å²) in [6.45, 7) is -0.283. The van der Waals surface area contributed by atoms with E-state index in [0.29, 0.717) is 17.1 Å². The maximum absolute atomic E-state index is 10.8. The van der Waals surface area contributed by atoms with Gasteiger partial charge in [0.2, 0.25) is 0 Å². The first-order valence-corrected chi connectivity index (χ1v) is 5.78. The number of methoxy groups -OCH3 is 1. The first-order chi connectivity index (χ1) is 10.1. The zero-order valence-electron chi connectivity index (χ0n) is 11.1. The number of hydrogen-bond donors (Lipinski definition) is 2. The van der Waals surface area contributed by atoms with Crippen LogP contribution >= 0.6 is 0 Å². The van der Waals surface area contributed by atoms with E-state index >= 15 is 0 Å². The van der Waals surface area contributed by atoms with E-state index < -0.39 is 5.91 Å². The first-order valence-electron chi connectivity index (χ1n) is 5.78. The Morgan fingerprint density at radius 3 is 2.95 bits per heavy atom. The molecule has 0 unspecified atom stereocenters. The van der Waals surface area contributed by atoms with Crippen molar-refractivity contribution in [2.75, 3.05) is 19.5 Å². The second-order valence-corrected chi connectivity index (χ2v) is 3.80. The van der Waals surface area contributed by atoms with Crippen molar-refractivity contribution >= 4 is 18.1 Å². The second kappa shape index (κ2) is 6.32. The number of aromatic nitrogens is 4. The van der Waals surface area contributed by atoms with E-state index in [1.807, 2.05) is 0 Å². The summed E-state index contributed by atoms with van der Waals surface area (Å²) < 4.78 is 10.5. The predicted octanol–water partition coefficient (Wildman–Crippen LogP) is -0.990. The van der Waals surface area contributed by atoms with E-state index in [0.717, 1.165) is 4.79 Å². The van der Waals surface area contributed by atoms with Crippen LogP contribution in [0.4, 0.5) is 5.95 Å². The highest BCUT2D eigenvalue weighted by Crippen LogP contribution is 2.30. The molecule has 4 N–H and O–H groups in total. The highest BCUT2D eigenvalue weighted by atomic mass is 16.5. The van der Waals surface area contributed by atoms with Crippen LogP contribution in [-0.4, -0.2) is 46.2 Å². The van der Waals surface area contributed by atoms with Crippen LogP contribution in [0.5, 0.6) is 11.5 Å². The number of nitrogen functional groups attached to an aromatic ring is 1. The molecule has 0 radical (unpaired) electrons. The lowest BCUT2D eigenvalue weighted by atomic mass is 10.2. The number of rotatable bonds is 6. The molecule has 110 valence electrons. The number of ether oxygens (including phenoxy) is 2. The van der Waals surface area contributed by atoms with Crippen LogP contribution in [-0.2, 0) is 4.79 Å². The molecule has 0 aliphatic rings. The fraction of sp³-hybridized carbons (Fsp3) is 0.182. The van der Waals surface area contributed by atoms with Gasteiger partial charge < -0.3 is 20.9 Å². The predicted molar refractivity (Wildman–Crippen MR) is 72.9 cm³/mol. The maximum Gasteiger partial charge on any atom is 0.263 e. The molecule has 1 aromatic carbocycles. The SMILES string of the molecule is COc1cccc(C=Nn2nnnc2N)c1OCC(N)=O. The van der Waals surface area contributed by atoms with Gasteiger partial charge in [-0.1, -0.05) is 16.0 Å². The van der Waals surface area contributed by atoms with Crippen molar-refractivity contribution < 1.29 is 14.3 Å². The summed E-state index contributed by atoms with van der Waals surface area (Å²) in [4.78, 5) is 11.9. The highest BCUT2D eigenvalue weighted by molar-refractivity contribution is 5.85. The lowest BCUT2D eigenvalue weighted by molar-refractivity contribution is -0.119. The summed E-state index contributed by atoms with van der Waals surface area (Å²) >= 11 is 0. The Bertz CT molecular complexity index is 668. The third-order valence-electron chi connectivity index (χ3n) is 2.37. The van der Waals surface area contributed by atoms with E-state index in [1.165, 1.54) is 13.3 Å². The molecule has 0 aliphatic carbocycles. The van der Waals surface area contributed by atoms with E-state index in [-0.39, 0.29) is 12.6 Å². The van der Waals surface area contributed by atoms with E-state index in [2.05, 4.69) is 20.6 Å². The summed E-state index contributed by atoms with van der Waals surface area (Å²) in [6, 6.07) is 5.13. The summed E-state index contributed by atoms with van der Waals surface area (Å²) in [5.74, 6) is 0.196. The standard InChI is InChI=1S/C11H13N7O3/c1-20-8-4-2-3-7(10(8)21-6-9(12)19)5-14-18-11(13)15-16-17-18/h2-5H,6H2,1H3,(H2,12,19)(H2,13,15,17). The van der Waals surface area contributed by atoms with Crippen molar-refractivity contribution in [3.05, 3.63) is 23.8 Å². The number of tetrazole rings is 1. The number of primary amides is 1. The van der Waals surface area contributed by atoms with Gasteiger partial charge in [0.05, 0.1) is 13.3 Å². The number of benzene rings is 1. The Balaban J connectivity index is 2.31. The number of carbonyl (C=O) groups excluding carboxylic acids is 1. The molecule has 0 atom stereocenters. The van der Waals surface area contributed by atoms with Crippen molar-refractivity contribution in [2.24, 2.45) is 10.8 Å². The molecule has 0 bridgehead atoms. The van der Waals surface area contributed by atoms with Crippen molar-refractivity contribution in [1.29, 1.82) is 0 Å². The molecule has 0 aliphatic heterocycles. The number of carbonyl (C=O) groups is 1. The normalized spacial score (nSPS) is 10.7. The van der Waals surface area contributed by atoms with Gasteiger partial charge in [-0.05, 0) is 22.6 Å². The Morgan fingerprint density at radius 1 is 1.52 bits per heavy atom. The lowest BCUT2D eigenvalue weighted by Crippen LogP contribution is -2.20. The van der Waals surface area contributed by atoms with Gasteiger partial charge in [-0.25, -0.2) is 0 Å². The number of para-hydroxylation sites is 1. The van der Waals surface area contributed by atoms with Crippen molar-refractivity contribution in [1.82, 2.24) is 20.3 Å². The van der Waals surface area contributed by atoms with Crippen LogP contribution in [0, 0.1) is 0 Å². The Morgan fingerprint density at radius 2 is 2.33 bits per heavy atom. The molecule has 2 rings (SSSR count). The van der Waals surface area contributed by atoms with Crippen molar-refractivity contribution in [3.8, 4) is 11.5 Å². The topological polar surface area (TPSA) is 144 Å². The van der Waals surface area contributed by atoms with Gasteiger partial charge in [0.25, 0.3) is 11.9 Å². The zero-order chi connectivity index (χ0) is 15.2. The van der Waals surface area contributed by atoms with Gasteiger partial charge in [-0.3, -0.25) is 4.79 Å². The number of nitrogens with zero attached hydrogens (tertiary/aromatic N) is 5. The van der Waals surface area contributed by atoms with Gasteiger partial charge in [-0.2, -0.15) is 5.10 Å². The van der Waals surface area contributed by atoms with Gasteiger partial charge in [0.1, 0.15) is 0 Å². The van der Waals surface area contributed by atoms with Gasteiger partial charge in [0, 0.05) is 5.56 Å². The number of nitrogens with two attached hydrogens (primary N) is 2. The lowest BCUT2D eigenvalue weighted by Gasteiger charge is -2.11. The van der Waals surface area contributed by atoms with Gasteiger partial charge in [-0.15, -0.1) is 0 Å². The van der Waals surface area contributed by atoms with Crippen molar-refractivity contribution in [3.63, 3.8) is 0 Å². The number of hydrogen-bond acceptors (Lipinski definition) is 8. The average Bonchev–Trinajstić information content (AvgIpc) is 2.88. The van der Waals surface area contributed by atoms with Gasteiger partial charge in [0.15, 0.2) is 18.1 Å². The molecule has 10 heteroatoms. The van der Waals surface area contributed by atoms with Crippen molar-refractivity contribution in [2.45, 2.75) is 0 Å². The minimum atomic E-state index is -0.603. The molecule has 2 aromatic rings. The van der Waals surface area contributed by atoms with E-state index in [4.69, 9.17) is 20.9 Å². The molecule has 1 heterocycles. The zero-order valence-corrected chi connectivity index (χ0v) is 11.1. The van der Waals surface area contributed by atoms with Crippen LogP contribution in [0.1, 0.15) is 5.56 Å². The largest absolute Gasteiger partial charge is 0.493 e. The molecule has 0 fully saturated rings.